The summed E-state index contributed by atoms with van der Waals surface area (Å²) in [6.07, 6.45) is 6.04. The number of nitrogens with one attached hydrogen (secondary N) is 1. The Kier molecular flexibility index (Phi) is 4.60. The fourth-order valence-electron chi connectivity index (χ4n) is 2.64. The van der Waals surface area contributed by atoms with Crippen LogP contribution in [0.2, 0.25) is 0 Å². The molecule has 2 atom stereocenters. The van der Waals surface area contributed by atoms with Crippen LogP contribution in [-0.2, 0) is 4.74 Å². The van der Waals surface area contributed by atoms with E-state index in [-0.39, 0.29) is 11.6 Å². The average molecular weight is 266 g/mol. The van der Waals surface area contributed by atoms with Gasteiger partial charge in [0.1, 0.15) is 0 Å². The third-order valence-corrected chi connectivity index (χ3v) is 3.87. The highest BCUT2D eigenvalue weighted by Gasteiger charge is 2.30. The van der Waals surface area contributed by atoms with E-state index in [2.05, 4.69) is 35.6 Å². The molecule has 19 heavy (non-hydrogen) atoms. The van der Waals surface area contributed by atoms with Crippen molar-refractivity contribution in [1.82, 2.24) is 14.9 Å². The van der Waals surface area contributed by atoms with Crippen LogP contribution < -0.4 is 11.1 Å². The molecular formula is C14H26N4O. The predicted octanol–water partition coefficient (Wildman–Crippen LogP) is 1.62. The number of rotatable bonds is 6. The number of ether oxygens (including phenoxy) is 1. The summed E-state index contributed by atoms with van der Waals surface area (Å²) in [7, 11) is 0. The van der Waals surface area contributed by atoms with Crippen molar-refractivity contribution in [3.63, 3.8) is 0 Å². The summed E-state index contributed by atoms with van der Waals surface area (Å²) in [5.74, 6) is 0. The second-order valence-electron chi connectivity index (χ2n) is 5.89. The van der Waals surface area contributed by atoms with E-state index in [9.17, 15) is 0 Å². The molecule has 3 N–H and O–H groups in total. The van der Waals surface area contributed by atoms with E-state index in [4.69, 9.17) is 10.5 Å². The van der Waals surface area contributed by atoms with E-state index in [1.807, 2.05) is 12.5 Å². The smallest absolute Gasteiger partial charge is 0.0951 e. The van der Waals surface area contributed by atoms with E-state index >= 15 is 0 Å². The van der Waals surface area contributed by atoms with E-state index in [0.29, 0.717) is 12.6 Å². The second kappa shape index (κ2) is 6.03. The molecule has 5 nitrogen and oxygen atoms in total. The molecule has 1 aromatic rings. The monoisotopic (exact) mass is 266 g/mol. The molecule has 2 unspecified atom stereocenters. The maximum Gasteiger partial charge on any atom is 0.0951 e. The minimum absolute atomic E-state index is 0.0455. The summed E-state index contributed by atoms with van der Waals surface area (Å²) in [5.41, 5.74) is 7.02. The number of hydrogen-bond acceptors (Lipinski definition) is 4. The van der Waals surface area contributed by atoms with Gasteiger partial charge in [-0.15, -0.1) is 0 Å². The van der Waals surface area contributed by atoms with Crippen LogP contribution in [0.5, 0.6) is 0 Å². The van der Waals surface area contributed by atoms with Crippen molar-refractivity contribution in [3.8, 4) is 0 Å². The molecule has 0 aliphatic carbocycles. The number of imidazole rings is 1. The molecule has 2 heterocycles. The van der Waals surface area contributed by atoms with Crippen molar-refractivity contribution >= 4 is 0 Å². The lowest BCUT2D eigenvalue weighted by atomic mass is 10.0. The molecule has 1 fully saturated rings. The molecule has 0 bridgehead atoms. The van der Waals surface area contributed by atoms with Crippen LogP contribution in [0.1, 0.15) is 51.4 Å². The lowest BCUT2D eigenvalue weighted by molar-refractivity contribution is 0.0187. The van der Waals surface area contributed by atoms with Gasteiger partial charge in [0.05, 0.1) is 23.7 Å². The highest BCUT2D eigenvalue weighted by Crippen LogP contribution is 2.25. The van der Waals surface area contributed by atoms with Crippen molar-refractivity contribution in [1.29, 1.82) is 0 Å². The van der Waals surface area contributed by atoms with E-state index in [1.165, 1.54) is 0 Å². The number of hydrogen-bond donors (Lipinski definition) is 2. The van der Waals surface area contributed by atoms with E-state index in [1.54, 1.807) is 0 Å². The molecule has 1 aliphatic rings. The van der Waals surface area contributed by atoms with Crippen LogP contribution in [0.4, 0.5) is 0 Å². The highest BCUT2D eigenvalue weighted by atomic mass is 16.5. The summed E-state index contributed by atoms with van der Waals surface area (Å²) >= 11 is 0. The van der Waals surface area contributed by atoms with Crippen LogP contribution in [-0.4, -0.2) is 34.8 Å². The van der Waals surface area contributed by atoms with E-state index < -0.39 is 0 Å². The summed E-state index contributed by atoms with van der Waals surface area (Å²) in [6.45, 7) is 8.74. The Balaban J connectivity index is 2.01. The maximum atomic E-state index is 5.92. The Morgan fingerprint density at radius 3 is 2.95 bits per heavy atom. The van der Waals surface area contributed by atoms with Crippen molar-refractivity contribution in [2.45, 2.75) is 51.3 Å². The first-order valence-electron chi connectivity index (χ1n) is 7.15. The zero-order valence-corrected chi connectivity index (χ0v) is 12.2. The van der Waals surface area contributed by atoms with Gasteiger partial charge in [-0.05, 0) is 33.6 Å². The van der Waals surface area contributed by atoms with Crippen LogP contribution in [0.15, 0.2) is 12.5 Å². The first-order chi connectivity index (χ1) is 9.06. The summed E-state index contributed by atoms with van der Waals surface area (Å²) in [5, 5.41) is 3.54. The molecule has 0 aromatic carbocycles. The van der Waals surface area contributed by atoms with Crippen molar-refractivity contribution in [3.05, 3.63) is 18.2 Å². The molecule has 1 aliphatic heterocycles. The van der Waals surface area contributed by atoms with Crippen molar-refractivity contribution in [2.75, 3.05) is 19.7 Å². The minimum atomic E-state index is -0.0455. The Morgan fingerprint density at radius 1 is 1.58 bits per heavy atom. The van der Waals surface area contributed by atoms with Gasteiger partial charge in [-0.1, -0.05) is 0 Å². The minimum Gasteiger partial charge on any atom is -0.374 e. The zero-order valence-electron chi connectivity index (χ0n) is 12.2. The average Bonchev–Trinajstić information content (AvgIpc) is 2.99. The first kappa shape index (κ1) is 14.5. The van der Waals surface area contributed by atoms with E-state index in [0.717, 1.165) is 31.7 Å². The third-order valence-electron chi connectivity index (χ3n) is 3.87. The van der Waals surface area contributed by atoms with Gasteiger partial charge in [0.2, 0.25) is 0 Å². The Labute approximate surface area is 115 Å². The number of nitrogens with zero attached hydrogens (tertiary/aromatic N) is 2. The topological polar surface area (TPSA) is 65.1 Å². The van der Waals surface area contributed by atoms with Crippen LogP contribution in [0, 0.1) is 0 Å². The number of aromatic nitrogens is 2. The fraction of sp³-hybridized carbons (Fsp3) is 0.786. The first-order valence-corrected chi connectivity index (χ1v) is 7.15. The predicted molar refractivity (Wildman–Crippen MR) is 76.0 cm³/mol. The normalized spacial score (nSPS) is 25.1. The fourth-order valence-corrected chi connectivity index (χ4v) is 2.64. The lowest BCUT2D eigenvalue weighted by Crippen LogP contribution is -2.41. The van der Waals surface area contributed by atoms with Gasteiger partial charge in [-0.2, -0.15) is 0 Å². The van der Waals surface area contributed by atoms with Gasteiger partial charge in [-0.25, -0.2) is 4.98 Å². The summed E-state index contributed by atoms with van der Waals surface area (Å²) in [4.78, 5) is 4.25. The second-order valence-corrected chi connectivity index (χ2v) is 5.89. The van der Waals surface area contributed by atoms with Crippen molar-refractivity contribution in [2.24, 2.45) is 5.73 Å². The Hall–Kier alpha value is -0.910. The van der Waals surface area contributed by atoms with Crippen LogP contribution in [0.25, 0.3) is 0 Å². The SMILES string of the molecule is CC(C)n1cncc1C(CN)NCC1(C)CCCO1. The Bertz CT molecular complexity index is 396. The third kappa shape index (κ3) is 3.35. The highest BCUT2D eigenvalue weighted by molar-refractivity contribution is 5.07. The van der Waals surface area contributed by atoms with Crippen molar-refractivity contribution < 1.29 is 4.74 Å². The molecule has 5 heteroatoms. The van der Waals surface area contributed by atoms with Gasteiger partial charge in [0, 0.05) is 31.9 Å². The van der Waals surface area contributed by atoms with Crippen LogP contribution in [0.3, 0.4) is 0 Å². The molecule has 1 saturated heterocycles. The summed E-state index contributed by atoms with van der Waals surface area (Å²) in [6, 6.07) is 0.526. The van der Waals surface area contributed by atoms with Gasteiger partial charge in [-0.3, -0.25) is 0 Å². The number of nitrogens with two attached hydrogens (primary N) is 1. The standard InChI is InChI=1S/C14H26N4O/c1-11(2)18-10-16-8-13(18)12(7-15)17-9-14(3)5-4-6-19-14/h8,10-12,17H,4-7,9,15H2,1-3H3. The van der Waals surface area contributed by atoms with Gasteiger partial charge in [0.15, 0.2) is 0 Å². The maximum absolute atomic E-state index is 5.92. The molecule has 1 aromatic heterocycles. The van der Waals surface area contributed by atoms with Crippen LogP contribution >= 0.6 is 0 Å². The largest absolute Gasteiger partial charge is 0.374 e. The van der Waals surface area contributed by atoms with Gasteiger partial charge < -0.3 is 20.4 Å². The molecule has 0 radical (unpaired) electrons. The molecular weight excluding hydrogens is 240 g/mol. The molecule has 0 spiro atoms. The zero-order chi connectivity index (χ0) is 13.9. The summed E-state index contributed by atoms with van der Waals surface area (Å²) < 4.78 is 7.97. The molecule has 108 valence electrons. The Morgan fingerprint density at radius 2 is 2.37 bits per heavy atom. The molecule has 0 amide bonds. The van der Waals surface area contributed by atoms with Gasteiger partial charge in [0.25, 0.3) is 0 Å². The quantitative estimate of drug-likeness (QED) is 0.821. The molecule has 0 saturated carbocycles. The van der Waals surface area contributed by atoms with Gasteiger partial charge >= 0.3 is 0 Å². The molecule has 2 rings (SSSR count). The lowest BCUT2D eigenvalue weighted by Gasteiger charge is -2.27.